The highest BCUT2D eigenvalue weighted by molar-refractivity contribution is 6.22. The molecule has 5 heteroatoms. The molecule has 0 radical (unpaired) electrons. The van der Waals surface area contributed by atoms with Crippen LogP contribution in [0.1, 0.15) is 5.69 Å². The largest absolute Gasteiger partial charge is 0.309 e. The first-order chi connectivity index (χ1) is 23.8. The van der Waals surface area contributed by atoms with Crippen molar-refractivity contribution < 1.29 is 0 Å². The van der Waals surface area contributed by atoms with Gasteiger partial charge in [-0.05, 0) is 76.5 Å². The highest BCUT2D eigenvalue weighted by Gasteiger charge is 2.19. The summed E-state index contributed by atoms with van der Waals surface area (Å²) in [4.78, 5) is 9.75. The van der Waals surface area contributed by atoms with Gasteiger partial charge in [0.1, 0.15) is 6.07 Å². The van der Waals surface area contributed by atoms with Gasteiger partial charge >= 0.3 is 0 Å². The van der Waals surface area contributed by atoms with Crippen LogP contribution in [0.15, 0.2) is 152 Å². The van der Waals surface area contributed by atoms with Crippen LogP contribution in [-0.2, 0) is 0 Å². The smallest absolute Gasteiger partial charge is 0.236 e. The monoisotopic (exact) mass is 611 g/mol. The molecule has 48 heavy (non-hydrogen) atoms. The fourth-order valence-electron chi connectivity index (χ4n) is 7.44. The zero-order valence-electron chi connectivity index (χ0n) is 25.7. The summed E-state index contributed by atoms with van der Waals surface area (Å²) in [6.45, 7) is 0. The number of aromatic nitrogens is 4. The number of nitriles is 1. The van der Waals surface area contributed by atoms with Crippen LogP contribution in [-0.4, -0.2) is 19.1 Å². The van der Waals surface area contributed by atoms with Gasteiger partial charge < -0.3 is 4.57 Å². The molecule has 0 N–H and O–H groups in total. The van der Waals surface area contributed by atoms with Crippen LogP contribution in [0.2, 0.25) is 0 Å². The molecule has 0 aliphatic carbocycles. The molecule has 0 bridgehead atoms. The second kappa shape index (κ2) is 10.1. The first-order valence-electron chi connectivity index (χ1n) is 16.0. The van der Waals surface area contributed by atoms with Gasteiger partial charge in [-0.2, -0.15) is 5.26 Å². The van der Waals surface area contributed by atoms with Gasteiger partial charge in [0.05, 0.1) is 27.6 Å². The van der Waals surface area contributed by atoms with Gasteiger partial charge in [0, 0.05) is 32.6 Å². The standard InChI is InChI=1S/C43H25N5/c44-26-37-34-15-6-8-16-36(34)45-43(46-37)48-38-17-9-7-14-32(38)33-21-18-29(25-41(33)48)28-20-22-39-35(24-28)42-31-13-5-4-10-27(31)19-23-40(42)47(39)30-11-2-1-3-12-30/h1-25H. The fourth-order valence-corrected chi connectivity index (χ4v) is 7.44. The molecule has 3 heterocycles. The molecule has 0 spiro atoms. The van der Waals surface area contributed by atoms with Crippen LogP contribution in [0.4, 0.5) is 0 Å². The Morgan fingerprint density at radius 1 is 0.458 bits per heavy atom. The van der Waals surface area contributed by atoms with Gasteiger partial charge in [-0.3, -0.25) is 4.57 Å². The minimum Gasteiger partial charge on any atom is -0.309 e. The van der Waals surface area contributed by atoms with Crippen molar-refractivity contribution in [2.45, 2.75) is 0 Å². The van der Waals surface area contributed by atoms with E-state index in [0.29, 0.717) is 11.6 Å². The summed E-state index contributed by atoms with van der Waals surface area (Å²) in [5.74, 6) is 0.487. The predicted octanol–water partition coefficient (Wildman–Crippen LogP) is 10.5. The van der Waals surface area contributed by atoms with Crippen molar-refractivity contribution in [2.75, 3.05) is 0 Å². The van der Waals surface area contributed by atoms with Gasteiger partial charge in [-0.25, -0.2) is 9.97 Å². The zero-order valence-corrected chi connectivity index (χ0v) is 25.7. The lowest BCUT2D eigenvalue weighted by molar-refractivity contribution is 1.00. The molecule has 0 amide bonds. The van der Waals surface area contributed by atoms with E-state index in [9.17, 15) is 5.26 Å². The lowest BCUT2D eigenvalue weighted by atomic mass is 9.99. The van der Waals surface area contributed by atoms with E-state index in [0.717, 1.165) is 49.5 Å². The molecule has 0 aliphatic rings. The maximum Gasteiger partial charge on any atom is 0.236 e. The van der Waals surface area contributed by atoms with Crippen molar-refractivity contribution in [3.63, 3.8) is 0 Å². The van der Waals surface area contributed by atoms with Crippen molar-refractivity contribution in [1.82, 2.24) is 19.1 Å². The Kier molecular flexibility index (Phi) is 5.57. The molecule has 10 rings (SSSR count). The topological polar surface area (TPSA) is 59.4 Å². The molecule has 0 unspecified atom stereocenters. The van der Waals surface area contributed by atoms with Crippen molar-refractivity contribution in [2.24, 2.45) is 0 Å². The Balaban J connectivity index is 1.25. The summed E-state index contributed by atoms with van der Waals surface area (Å²) in [5.41, 5.74) is 8.80. The van der Waals surface area contributed by atoms with Gasteiger partial charge in [0.2, 0.25) is 5.95 Å². The van der Waals surface area contributed by atoms with Gasteiger partial charge in [0.25, 0.3) is 0 Å². The molecule has 0 saturated carbocycles. The molecule has 0 saturated heterocycles. The Hall–Kier alpha value is -6.77. The molecule has 3 aromatic heterocycles. The minimum absolute atomic E-state index is 0.366. The molecule has 5 nitrogen and oxygen atoms in total. The lowest BCUT2D eigenvalue weighted by Gasteiger charge is -2.10. The molecule has 7 aromatic carbocycles. The molecule has 0 aliphatic heterocycles. The SMILES string of the molecule is N#Cc1nc(-n2c3ccccc3c3ccc(-c4ccc5c(c4)c4c6ccccc6ccc4n5-c4ccccc4)cc32)nc2ccccc12. The Morgan fingerprint density at radius 2 is 1.12 bits per heavy atom. The van der Waals surface area contributed by atoms with Crippen LogP contribution >= 0.6 is 0 Å². The third kappa shape index (κ3) is 3.78. The highest BCUT2D eigenvalue weighted by Crippen LogP contribution is 2.40. The zero-order chi connectivity index (χ0) is 31.8. The van der Waals surface area contributed by atoms with Crippen molar-refractivity contribution in [3.05, 3.63) is 157 Å². The lowest BCUT2D eigenvalue weighted by Crippen LogP contribution is -2.03. The molecule has 222 valence electrons. The minimum atomic E-state index is 0.366. The van der Waals surface area contributed by atoms with E-state index >= 15 is 0 Å². The number of para-hydroxylation sites is 3. The van der Waals surface area contributed by atoms with Crippen LogP contribution in [0.5, 0.6) is 0 Å². The van der Waals surface area contributed by atoms with E-state index < -0.39 is 0 Å². The second-order valence-corrected chi connectivity index (χ2v) is 12.2. The predicted molar refractivity (Wildman–Crippen MR) is 196 cm³/mol. The van der Waals surface area contributed by atoms with E-state index in [2.05, 4.69) is 137 Å². The Morgan fingerprint density at radius 3 is 2.00 bits per heavy atom. The number of rotatable bonds is 3. The third-order valence-electron chi connectivity index (χ3n) is 9.57. The van der Waals surface area contributed by atoms with Crippen molar-refractivity contribution in [1.29, 1.82) is 5.26 Å². The van der Waals surface area contributed by atoms with E-state index in [1.165, 1.54) is 32.6 Å². The molecular formula is C43H25N5. The van der Waals surface area contributed by atoms with Crippen molar-refractivity contribution in [3.8, 4) is 28.8 Å². The second-order valence-electron chi connectivity index (χ2n) is 12.2. The summed E-state index contributed by atoms with van der Waals surface area (Å²) in [5, 5.41) is 17.9. The van der Waals surface area contributed by atoms with Crippen LogP contribution in [0, 0.1) is 11.3 Å². The average molecular weight is 612 g/mol. The molecule has 10 aromatic rings. The third-order valence-corrected chi connectivity index (χ3v) is 9.57. The first kappa shape index (κ1) is 26.4. The van der Waals surface area contributed by atoms with Crippen LogP contribution < -0.4 is 0 Å². The van der Waals surface area contributed by atoms with E-state index in [4.69, 9.17) is 9.97 Å². The summed E-state index contributed by atoms with van der Waals surface area (Å²) in [6.07, 6.45) is 0. The summed E-state index contributed by atoms with van der Waals surface area (Å²) in [7, 11) is 0. The van der Waals surface area contributed by atoms with Gasteiger partial charge in [0.15, 0.2) is 5.69 Å². The molecular weight excluding hydrogens is 587 g/mol. The fraction of sp³-hybridized carbons (Fsp3) is 0. The summed E-state index contributed by atoms with van der Waals surface area (Å²) >= 11 is 0. The first-order valence-corrected chi connectivity index (χ1v) is 16.0. The van der Waals surface area contributed by atoms with Gasteiger partial charge in [-0.15, -0.1) is 0 Å². The van der Waals surface area contributed by atoms with E-state index in [-0.39, 0.29) is 0 Å². The van der Waals surface area contributed by atoms with E-state index in [1.54, 1.807) is 0 Å². The number of nitrogens with zero attached hydrogens (tertiary/aromatic N) is 5. The van der Waals surface area contributed by atoms with E-state index in [1.807, 2.05) is 30.3 Å². The maximum atomic E-state index is 10.0. The normalized spacial score (nSPS) is 11.7. The Bertz CT molecular complexity index is 2960. The quantitative estimate of drug-likeness (QED) is 0.200. The van der Waals surface area contributed by atoms with Crippen LogP contribution in [0.3, 0.4) is 0 Å². The number of benzene rings is 7. The number of hydrogen-bond acceptors (Lipinski definition) is 3. The molecule has 0 fully saturated rings. The Labute approximate surface area is 275 Å². The van der Waals surface area contributed by atoms with Crippen LogP contribution in [0.25, 0.3) is 88.0 Å². The number of hydrogen-bond donors (Lipinski definition) is 0. The summed E-state index contributed by atoms with van der Waals surface area (Å²) < 4.78 is 4.46. The van der Waals surface area contributed by atoms with Gasteiger partial charge in [-0.1, -0.05) is 97.1 Å². The maximum absolute atomic E-state index is 10.0. The summed E-state index contributed by atoms with van der Waals surface area (Å²) in [6, 6.07) is 55.4. The molecule has 0 atom stereocenters. The highest BCUT2D eigenvalue weighted by atomic mass is 15.2. The van der Waals surface area contributed by atoms with Crippen molar-refractivity contribution >= 4 is 65.3 Å². The number of fused-ring (bicyclic) bond motifs is 9. The average Bonchev–Trinajstić information content (AvgIpc) is 3.67.